The summed E-state index contributed by atoms with van der Waals surface area (Å²) < 4.78 is 25.6. The minimum atomic E-state index is -2.57. The Morgan fingerprint density at radius 2 is 1.50 bits per heavy atom. The minimum absolute atomic E-state index is 1.17. The lowest BCUT2D eigenvalue weighted by Gasteiger charge is -1.55. The maximum Gasteiger partial charge on any atom is 0.713 e. The van der Waals surface area contributed by atoms with E-state index in [2.05, 4.69) is 15.0 Å². The van der Waals surface area contributed by atoms with Crippen molar-refractivity contribution >= 4 is 16.5 Å². The zero-order chi connectivity index (χ0) is 8.57. The molecule has 0 radical (unpaired) electrons. The van der Waals surface area contributed by atoms with Gasteiger partial charge < -0.3 is 0 Å². The van der Waals surface area contributed by atoms with E-state index in [0.717, 1.165) is 0 Å². The van der Waals surface area contributed by atoms with Crippen LogP contribution in [0.15, 0.2) is 0 Å². The van der Waals surface area contributed by atoms with Gasteiger partial charge in [0, 0.05) is 9.13 Å². The molecular weight excluding hydrogens is 184 g/mol. The van der Waals surface area contributed by atoms with E-state index in [1.165, 1.54) is 7.11 Å². The van der Waals surface area contributed by atoms with Gasteiger partial charge in [-0.15, -0.1) is 14.3 Å². The molecule has 0 saturated heterocycles. The third kappa shape index (κ3) is 24.5. The van der Waals surface area contributed by atoms with Crippen LogP contribution in [0, 0.1) is 0 Å². The number of hydrogen-bond acceptors (Lipinski definition) is 5. The van der Waals surface area contributed by atoms with Gasteiger partial charge in [-0.05, 0) is 4.62 Å². The number of nitrogens with two attached hydrogens (primary N) is 1. The molecule has 2 atom stereocenters. The van der Waals surface area contributed by atoms with Crippen LogP contribution in [0.1, 0.15) is 0 Å². The topological polar surface area (TPSA) is 119 Å². The summed E-state index contributed by atoms with van der Waals surface area (Å²) in [4.78, 5) is 15.2. The molecule has 2 unspecified atom stereocenters. The smallest absolute Gasteiger partial charge is 0.162 e. The van der Waals surface area contributed by atoms with Crippen molar-refractivity contribution in [1.29, 1.82) is 0 Å². The molecule has 0 amide bonds. The Bertz CT molecular complexity index is 100. The second-order valence-electron chi connectivity index (χ2n) is 0.764. The average molecular weight is 191 g/mol. The maximum absolute atomic E-state index is 9.29. The van der Waals surface area contributed by atoms with Gasteiger partial charge in [0.2, 0.25) is 0 Å². The molecule has 0 aliphatic rings. The molecule has 0 aromatic rings. The number of rotatable bonds is 2. The van der Waals surface area contributed by atoms with Crippen LogP contribution in [0.4, 0.5) is 0 Å². The molecule has 0 aliphatic carbocycles. The van der Waals surface area contributed by atoms with Gasteiger partial charge in [-0.2, -0.15) is 5.90 Å². The quantitative estimate of drug-likeness (QED) is 0.408. The zero-order valence-electron chi connectivity index (χ0n) is 5.00. The summed E-state index contributed by atoms with van der Waals surface area (Å²) in [7, 11) is -3.75. The van der Waals surface area contributed by atoms with Gasteiger partial charge in [-0.25, -0.2) is 0 Å². The second-order valence-corrected chi connectivity index (χ2v) is 2.29. The van der Waals surface area contributed by atoms with E-state index >= 15 is 0 Å². The van der Waals surface area contributed by atoms with Gasteiger partial charge in [0.1, 0.15) is 0 Å². The van der Waals surface area contributed by atoms with Gasteiger partial charge in [0.15, 0.2) is 0 Å². The van der Waals surface area contributed by atoms with Gasteiger partial charge in [-0.1, -0.05) is 0 Å². The zero-order valence-corrected chi connectivity index (χ0v) is 6.79. The first kappa shape index (κ1) is 12.7. The van der Waals surface area contributed by atoms with E-state index < -0.39 is 16.5 Å². The Kier molecular flexibility index (Phi) is 11.4. The molecule has 10 heavy (non-hydrogen) atoms. The normalized spacial score (nSPS) is 11.2. The van der Waals surface area contributed by atoms with E-state index in [9.17, 15) is 4.57 Å². The third-order valence-electron chi connectivity index (χ3n) is 0.246. The summed E-state index contributed by atoms with van der Waals surface area (Å²) in [5.41, 5.74) is 0. The lowest BCUT2D eigenvalue weighted by atomic mass is 11.8. The van der Waals surface area contributed by atoms with Crippen molar-refractivity contribution in [3.63, 3.8) is 0 Å². The van der Waals surface area contributed by atoms with Gasteiger partial charge in [-0.3, -0.25) is 0 Å². The summed E-state index contributed by atoms with van der Waals surface area (Å²) in [6.07, 6.45) is 0. The van der Waals surface area contributed by atoms with Crippen molar-refractivity contribution in [3.05, 3.63) is 0 Å². The molecule has 4 N–H and O–H groups in total. The molecule has 0 rings (SSSR count). The maximum atomic E-state index is 9.29. The molecule has 0 aromatic heterocycles. The Balaban J connectivity index is 0. The fourth-order valence-corrected chi connectivity index (χ4v) is 0. The molecule has 0 aromatic carbocycles. The highest BCUT2D eigenvalue weighted by atomic mass is 31.1. The summed E-state index contributed by atoms with van der Waals surface area (Å²) in [5, 5.41) is 0. The molecule has 0 bridgehead atoms. The van der Waals surface area contributed by atoms with E-state index in [-0.39, 0.29) is 0 Å². The lowest BCUT2D eigenvalue weighted by molar-refractivity contribution is 0.292. The first-order valence-corrected chi connectivity index (χ1v) is 4.03. The van der Waals surface area contributed by atoms with Crippen LogP contribution >= 0.6 is 16.5 Å². The van der Waals surface area contributed by atoms with Crippen LogP contribution in [0.3, 0.4) is 0 Å². The van der Waals surface area contributed by atoms with E-state index in [1.54, 1.807) is 0 Å². The molecule has 0 spiro atoms. The van der Waals surface area contributed by atoms with Crippen molar-refractivity contribution in [2.24, 2.45) is 5.90 Å². The predicted molar refractivity (Wildman–Crippen MR) is 31.9 cm³/mol. The Morgan fingerprint density at radius 3 is 1.50 bits per heavy atom. The molecule has 0 heterocycles. The largest absolute Gasteiger partial charge is 0.713 e. The fraction of sp³-hybridized carbons (Fsp3) is 1.00. The van der Waals surface area contributed by atoms with Crippen molar-refractivity contribution in [2.45, 2.75) is 0 Å². The van der Waals surface area contributed by atoms with Crippen molar-refractivity contribution < 1.29 is 28.1 Å². The highest BCUT2D eigenvalue weighted by molar-refractivity contribution is 7.32. The molecule has 0 saturated carbocycles. The summed E-state index contributed by atoms with van der Waals surface area (Å²) in [5.74, 6) is 4.14. The van der Waals surface area contributed by atoms with Crippen molar-refractivity contribution in [2.75, 3.05) is 7.11 Å². The van der Waals surface area contributed by atoms with Crippen LogP contribution in [-0.2, 0) is 18.3 Å². The molecule has 60 valence electrons. The van der Waals surface area contributed by atoms with Gasteiger partial charge >= 0.3 is 16.5 Å². The highest BCUT2D eigenvalue weighted by Crippen LogP contribution is 2.09. The first-order valence-electron chi connectivity index (χ1n) is 1.77. The molecule has 9 heteroatoms. The van der Waals surface area contributed by atoms with Gasteiger partial charge in [0.05, 0.1) is 7.11 Å². The van der Waals surface area contributed by atoms with Crippen molar-refractivity contribution in [3.8, 4) is 0 Å². The van der Waals surface area contributed by atoms with Crippen LogP contribution in [0.25, 0.3) is 0 Å². The van der Waals surface area contributed by atoms with E-state index in [0.29, 0.717) is 0 Å². The van der Waals surface area contributed by atoms with Crippen LogP contribution in [0.5, 0.6) is 0 Å². The first-order chi connectivity index (χ1) is 4.54. The predicted octanol–water partition coefficient (Wildman–Crippen LogP) is -0.191. The summed E-state index contributed by atoms with van der Waals surface area (Å²) in [6, 6.07) is 0. The van der Waals surface area contributed by atoms with E-state index in [1.807, 2.05) is 0 Å². The molecule has 0 fully saturated rings. The monoisotopic (exact) mass is 191 g/mol. The Labute approximate surface area is 58.6 Å². The number of hydrogen-bond donors (Lipinski definition) is 3. The molecular formula is CH7NO6P2+2. The highest BCUT2D eigenvalue weighted by Gasteiger charge is 2.04. The average Bonchev–Trinajstić information content (AvgIpc) is 1.89. The van der Waals surface area contributed by atoms with Crippen LogP contribution < -0.4 is 5.90 Å². The standard InChI is InChI=1S/CH3O3P.H2NO3P/c2*1-4-5(2)3/h1H3;1H2/p+2. The van der Waals surface area contributed by atoms with Crippen LogP contribution in [-0.4, -0.2) is 16.9 Å². The third-order valence-corrected chi connectivity index (χ3v) is 0.739. The second kappa shape index (κ2) is 9.00. The minimum Gasteiger partial charge on any atom is -0.162 e. The summed E-state index contributed by atoms with van der Waals surface area (Å²) >= 11 is 0. The Hall–Kier alpha value is -0.0000000000000000208. The Morgan fingerprint density at radius 1 is 1.30 bits per heavy atom. The van der Waals surface area contributed by atoms with Gasteiger partial charge in [0.25, 0.3) is 0 Å². The van der Waals surface area contributed by atoms with Crippen LogP contribution in [0.2, 0.25) is 0 Å². The molecule has 7 nitrogen and oxygen atoms in total. The molecule has 0 aliphatic heterocycles. The lowest BCUT2D eigenvalue weighted by Crippen LogP contribution is -1.84. The fourth-order valence-electron chi connectivity index (χ4n) is 0. The summed E-state index contributed by atoms with van der Waals surface area (Å²) in [6.45, 7) is 0. The SMILES string of the molecule is CO[P+](=O)O.NO[P+](=O)O. The van der Waals surface area contributed by atoms with E-state index in [4.69, 9.17) is 14.4 Å². The van der Waals surface area contributed by atoms with Crippen molar-refractivity contribution in [1.82, 2.24) is 0 Å².